The average Bonchev–Trinajstić information content (AvgIpc) is 2.82. The predicted octanol–water partition coefficient (Wildman–Crippen LogP) is 2.74. The van der Waals surface area contributed by atoms with Gasteiger partial charge in [-0.1, -0.05) is 13.0 Å². The van der Waals surface area contributed by atoms with Crippen molar-refractivity contribution in [1.82, 2.24) is 4.90 Å². The number of methoxy groups -OCH3 is 1. The van der Waals surface area contributed by atoms with Crippen molar-refractivity contribution >= 4 is 0 Å². The zero-order valence-corrected chi connectivity index (χ0v) is 11.8. The van der Waals surface area contributed by atoms with Crippen LogP contribution in [-0.2, 0) is 11.2 Å². The van der Waals surface area contributed by atoms with Gasteiger partial charge < -0.3 is 9.84 Å². The van der Waals surface area contributed by atoms with Crippen molar-refractivity contribution in [2.75, 3.05) is 20.2 Å². The monoisotopic (exact) mass is 261 g/mol. The third-order valence-corrected chi connectivity index (χ3v) is 4.84. The van der Waals surface area contributed by atoms with Crippen LogP contribution in [0.5, 0.6) is 5.75 Å². The van der Waals surface area contributed by atoms with Gasteiger partial charge in [0.15, 0.2) is 0 Å². The van der Waals surface area contributed by atoms with Gasteiger partial charge in [-0.25, -0.2) is 0 Å². The number of phenolic OH excluding ortho intramolecular Hbond substituents is 1. The number of nitrogens with zero attached hydrogens (tertiary/aromatic N) is 1. The van der Waals surface area contributed by atoms with Gasteiger partial charge >= 0.3 is 0 Å². The Hall–Kier alpha value is -1.06. The van der Waals surface area contributed by atoms with Crippen molar-refractivity contribution in [1.29, 1.82) is 0 Å². The van der Waals surface area contributed by atoms with E-state index in [1.807, 2.05) is 19.2 Å². The Bertz CT molecular complexity index is 460. The minimum Gasteiger partial charge on any atom is -0.508 e. The topological polar surface area (TPSA) is 32.7 Å². The van der Waals surface area contributed by atoms with Crippen LogP contribution in [0, 0.1) is 5.92 Å². The molecule has 1 saturated heterocycles. The van der Waals surface area contributed by atoms with Crippen molar-refractivity contribution in [3.63, 3.8) is 0 Å². The molecule has 3 atom stereocenters. The molecule has 104 valence electrons. The summed E-state index contributed by atoms with van der Waals surface area (Å²) in [6.45, 7) is 4.47. The van der Waals surface area contributed by atoms with Crippen LogP contribution >= 0.6 is 0 Å². The summed E-state index contributed by atoms with van der Waals surface area (Å²) in [4.78, 5) is 2.57. The normalized spacial score (nSPS) is 31.4. The van der Waals surface area contributed by atoms with E-state index in [1.54, 1.807) is 0 Å². The molecule has 1 aromatic carbocycles. The van der Waals surface area contributed by atoms with Gasteiger partial charge in [0, 0.05) is 19.7 Å². The van der Waals surface area contributed by atoms with Crippen LogP contribution in [0.15, 0.2) is 18.2 Å². The second-order valence-corrected chi connectivity index (χ2v) is 5.97. The molecule has 0 spiro atoms. The molecule has 1 aliphatic carbocycles. The molecule has 3 unspecified atom stereocenters. The van der Waals surface area contributed by atoms with Gasteiger partial charge in [-0.05, 0) is 55.0 Å². The number of hydrogen-bond acceptors (Lipinski definition) is 3. The number of benzene rings is 1. The first kappa shape index (κ1) is 12.9. The Labute approximate surface area is 115 Å². The van der Waals surface area contributed by atoms with Gasteiger partial charge in [0.1, 0.15) is 5.75 Å². The molecule has 1 heterocycles. The summed E-state index contributed by atoms with van der Waals surface area (Å²) >= 11 is 0. The summed E-state index contributed by atoms with van der Waals surface area (Å²) in [6, 6.07) is 6.36. The highest BCUT2D eigenvalue weighted by Crippen LogP contribution is 2.39. The molecule has 19 heavy (non-hydrogen) atoms. The van der Waals surface area contributed by atoms with Crippen molar-refractivity contribution in [2.24, 2.45) is 5.92 Å². The minimum atomic E-state index is 0.356. The molecule has 1 aliphatic heterocycles. The smallest absolute Gasteiger partial charge is 0.115 e. The first-order valence-electron chi connectivity index (χ1n) is 7.27. The molecule has 0 aromatic heterocycles. The van der Waals surface area contributed by atoms with Crippen LogP contribution in [0.4, 0.5) is 0 Å². The molecule has 0 bridgehead atoms. The number of hydrogen-bond donors (Lipinski definition) is 1. The van der Waals surface area contributed by atoms with Gasteiger partial charge in [-0.2, -0.15) is 0 Å². The maximum Gasteiger partial charge on any atom is 0.115 e. The molecular weight excluding hydrogens is 238 g/mol. The van der Waals surface area contributed by atoms with Gasteiger partial charge in [-0.3, -0.25) is 4.90 Å². The average molecular weight is 261 g/mol. The van der Waals surface area contributed by atoms with Crippen LogP contribution in [-0.4, -0.2) is 36.3 Å². The Balaban J connectivity index is 1.78. The lowest BCUT2D eigenvalue weighted by atomic mass is 9.93. The van der Waals surface area contributed by atoms with Gasteiger partial charge in [-0.15, -0.1) is 0 Å². The number of likely N-dealkylation sites (tertiary alicyclic amines) is 1. The summed E-state index contributed by atoms with van der Waals surface area (Å²) in [6.07, 6.45) is 3.82. The fourth-order valence-corrected chi connectivity index (χ4v) is 3.61. The molecule has 1 N–H and O–H groups in total. The predicted molar refractivity (Wildman–Crippen MR) is 75.3 cm³/mol. The SMILES string of the molecule is COC1CN(C2CCc3cc(O)ccc32)CCC1C. The highest BCUT2D eigenvalue weighted by Gasteiger charge is 2.34. The van der Waals surface area contributed by atoms with E-state index in [1.165, 1.54) is 24.0 Å². The first-order valence-corrected chi connectivity index (χ1v) is 7.27. The fraction of sp³-hybridized carbons (Fsp3) is 0.625. The summed E-state index contributed by atoms with van der Waals surface area (Å²) < 4.78 is 5.62. The van der Waals surface area contributed by atoms with Gasteiger partial charge in [0.2, 0.25) is 0 Å². The molecule has 3 nitrogen and oxygen atoms in total. The summed E-state index contributed by atoms with van der Waals surface area (Å²) in [5.41, 5.74) is 2.72. The molecule has 3 heteroatoms. The van der Waals surface area contributed by atoms with Crippen LogP contribution in [0.1, 0.15) is 36.9 Å². The highest BCUT2D eigenvalue weighted by atomic mass is 16.5. The van der Waals surface area contributed by atoms with E-state index in [-0.39, 0.29) is 0 Å². The third-order valence-electron chi connectivity index (χ3n) is 4.84. The van der Waals surface area contributed by atoms with E-state index in [9.17, 15) is 5.11 Å². The lowest BCUT2D eigenvalue weighted by Crippen LogP contribution is -2.45. The molecular formula is C16H23NO2. The number of aromatic hydroxyl groups is 1. The number of phenols is 1. The largest absolute Gasteiger partial charge is 0.508 e. The lowest BCUT2D eigenvalue weighted by Gasteiger charge is -2.39. The Morgan fingerprint density at radius 2 is 2.16 bits per heavy atom. The number of ether oxygens (including phenoxy) is 1. The molecule has 0 radical (unpaired) electrons. The standard InChI is InChI=1S/C16H23NO2/c1-11-7-8-17(10-16(11)19-2)15-6-3-12-9-13(18)4-5-14(12)15/h4-5,9,11,15-16,18H,3,6-8,10H2,1-2H3. The molecule has 1 fully saturated rings. The number of piperidine rings is 1. The Morgan fingerprint density at radius 1 is 1.32 bits per heavy atom. The second-order valence-electron chi connectivity index (χ2n) is 5.97. The van der Waals surface area contributed by atoms with Crippen molar-refractivity contribution in [3.8, 4) is 5.75 Å². The molecule has 0 saturated carbocycles. The lowest BCUT2D eigenvalue weighted by molar-refractivity contribution is -0.0193. The van der Waals surface area contributed by atoms with E-state index in [0.29, 0.717) is 23.8 Å². The van der Waals surface area contributed by atoms with Crippen molar-refractivity contribution in [3.05, 3.63) is 29.3 Å². The van der Waals surface area contributed by atoms with Crippen LogP contribution in [0.25, 0.3) is 0 Å². The van der Waals surface area contributed by atoms with E-state index < -0.39 is 0 Å². The maximum atomic E-state index is 9.57. The summed E-state index contributed by atoms with van der Waals surface area (Å²) in [7, 11) is 1.82. The zero-order chi connectivity index (χ0) is 13.4. The van der Waals surface area contributed by atoms with Crippen molar-refractivity contribution in [2.45, 2.75) is 38.3 Å². The first-order chi connectivity index (χ1) is 9.19. The van der Waals surface area contributed by atoms with Gasteiger partial charge in [0.05, 0.1) is 6.10 Å². The highest BCUT2D eigenvalue weighted by molar-refractivity contribution is 5.40. The maximum absolute atomic E-state index is 9.57. The van der Waals surface area contributed by atoms with E-state index in [4.69, 9.17) is 4.74 Å². The quantitative estimate of drug-likeness (QED) is 0.888. The molecule has 3 rings (SSSR count). The van der Waals surface area contributed by atoms with E-state index in [2.05, 4.69) is 17.9 Å². The minimum absolute atomic E-state index is 0.356. The Morgan fingerprint density at radius 3 is 2.95 bits per heavy atom. The van der Waals surface area contributed by atoms with Crippen LogP contribution in [0.3, 0.4) is 0 Å². The van der Waals surface area contributed by atoms with Gasteiger partial charge in [0.25, 0.3) is 0 Å². The van der Waals surface area contributed by atoms with Crippen LogP contribution < -0.4 is 0 Å². The third kappa shape index (κ3) is 2.37. The fourth-order valence-electron chi connectivity index (χ4n) is 3.61. The van der Waals surface area contributed by atoms with Crippen LogP contribution in [0.2, 0.25) is 0 Å². The Kier molecular flexibility index (Phi) is 3.50. The number of aryl methyl sites for hydroxylation is 1. The molecule has 2 aliphatic rings. The molecule has 0 amide bonds. The summed E-state index contributed by atoms with van der Waals surface area (Å²) in [5.74, 6) is 1.04. The number of fused-ring (bicyclic) bond motifs is 1. The van der Waals surface area contributed by atoms with E-state index in [0.717, 1.165) is 19.5 Å². The second kappa shape index (κ2) is 5.14. The zero-order valence-electron chi connectivity index (χ0n) is 11.8. The summed E-state index contributed by atoms with van der Waals surface area (Å²) in [5, 5.41) is 9.57. The number of rotatable bonds is 2. The molecule has 1 aromatic rings. The van der Waals surface area contributed by atoms with Crippen molar-refractivity contribution < 1.29 is 9.84 Å². The van der Waals surface area contributed by atoms with E-state index >= 15 is 0 Å².